The zero-order chi connectivity index (χ0) is 10.4. The molecule has 74 valence electrons. The van der Waals surface area contributed by atoms with Crippen molar-refractivity contribution in [2.24, 2.45) is 0 Å². The third kappa shape index (κ3) is 5.29. The van der Waals surface area contributed by atoms with Crippen LogP contribution in [0, 0.1) is 0 Å². The number of hydrogen-bond donors (Lipinski definition) is 0. The first-order valence-electron chi connectivity index (χ1n) is 4.61. The molecular formula is C12H21N. The van der Waals surface area contributed by atoms with Crippen LogP contribution in [-0.2, 0) is 0 Å². The van der Waals surface area contributed by atoms with E-state index in [4.69, 9.17) is 0 Å². The highest BCUT2D eigenvalue weighted by Gasteiger charge is 2.00. The van der Waals surface area contributed by atoms with Crippen molar-refractivity contribution in [2.75, 3.05) is 14.1 Å². The summed E-state index contributed by atoms with van der Waals surface area (Å²) >= 11 is 0. The van der Waals surface area contributed by atoms with Crippen LogP contribution >= 0.6 is 0 Å². The molecule has 0 aliphatic heterocycles. The minimum atomic E-state index is 0.901. The number of nitrogens with zero attached hydrogens (tertiary/aromatic N) is 1. The molecule has 1 nitrogen and oxygen atoms in total. The van der Waals surface area contributed by atoms with Crippen molar-refractivity contribution in [2.45, 2.75) is 26.7 Å². The molecule has 0 heterocycles. The van der Waals surface area contributed by atoms with Crippen molar-refractivity contribution >= 4 is 0 Å². The summed E-state index contributed by atoms with van der Waals surface area (Å²) in [6, 6.07) is 0. The van der Waals surface area contributed by atoms with E-state index in [1.54, 1.807) is 0 Å². The summed E-state index contributed by atoms with van der Waals surface area (Å²) in [5.41, 5.74) is 3.72. The Kier molecular flexibility index (Phi) is 5.20. The Morgan fingerprint density at radius 3 is 2.15 bits per heavy atom. The Bertz CT molecular complexity index is 221. The summed E-state index contributed by atoms with van der Waals surface area (Å²) in [6.45, 7) is 12.2. The SMILES string of the molecule is C=C(CC(=C)N(C)C)C/C(C)=C\C. The molecule has 13 heavy (non-hydrogen) atoms. The third-order valence-corrected chi connectivity index (χ3v) is 2.11. The molecule has 0 unspecified atom stereocenters. The van der Waals surface area contributed by atoms with Gasteiger partial charge in [-0.1, -0.05) is 30.4 Å². The highest BCUT2D eigenvalue weighted by Crippen LogP contribution is 2.16. The fourth-order valence-corrected chi connectivity index (χ4v) is 1.01. The molecule has 0 radical (unpaired) electrons. The average Bonchev–Trinajstić information content (AvgIpc) is 2.03. The van der Waals surface area contributed by atoms with Crippen LogP contribution in [0.4, 0.5) is 0 Å². The lowest BCUT2D eigenvalue weighted by atomic mass is 10.0. The van der Waals surface area contributed by atoms with E-state index in [9.17, 15) is 0 Å². The van der Waals surface area contributed by atoms with E-state index in [1.807, 2.05) is 19.0 Å². The maximum absolute atomic E-state index is 4.04. The van der Waals surface area contributed by atoms with Crippen LogP contribution in [0.15, 0.2) is 36.1 Å². The predicted octanol–water partition coefficient (Wildman–Crippen LogP) is 3.36. The summed E-state index contributed by atoms with van der Waals surface area (Å²) < 4.78 is 0. The normalized spacial score (nSPS) is 11.2. The van der Waals surface area contributed by atoms with E-state index >= 15 is 0 Å². The van der Waals surface area contributed by atoms with Crippen LogP contribution in [0.3, 0.4) is 0 Å². The van der Waals surface area contributed by atoms with Crippen molar-refractivity contribution in [1.82, 2.24) is 4.90 Å². The lowest BCUT2D eigenvalue weighted by Crippen LogP contribution is -2.10. The molecule has 0 bridgehead atoms. The number of rotatable bonds is 5. The molecule has 0 saturated carbocycles. The van der Waals surface area contributed by atoms with Crippen molar-refractivity contribution in [3.05, 3.63) is 36.1 Å². The molecule has 0 saturated heterocycles. The van der Waals surface area contributed by atoms with E-state index in [-0.39, 0.29) is 0 Å². The maximum atomic E-state index is 4.04. The van der Waals surface area contributed by atoms with Gasteiger partial charge >= 0.3 is 0 Å². The Morgan fingerprint density at radius 2 is 1.77 bits per heavy atom. The summed E-state index contributed by atoms with van der Waals surface area (Å²) in [5, 5.41) is 0. The van der Waals surface area contributed by atoms with Gasteiger partial charge in [0.05, 0.1) is 0 Å². The van der Waals surface area contributed by atoms with E-state index < -0.39 is 0 Å². The molecule has 0 aromatic carbocycles. The summed E-state index contributed by atoms with van der Waals surface area (Å²) in [6.07, 6.45) is 4.02. The largest absolute Gasteiger partial charge is 0.381 e. The standard InChI is InChI=1S/C12H21N/c1-7-10(2)8-11(3)9-12(4)13(5)6/h7H,3-4,8-9H2,1-2,5-6H3/b10-7-. The Morgan fingerprint density at radius 1 is 1.23 bits per heavy atom. The maximum Gasteiger partial charge on any atom is 0.00956 e. The van der Waals surface area contributed by atoms with Gasteiger partial charge in [-0.15, -0.1) is 0 Å². The monoisotopic (exact) mass is 179 g/mol. The lowest BCUT2D eigenvalue weighted by Gasteiger charge is -2.16. The third-order valence-electron chi connectivity index (χ3n) is 2.11. The summed E-state index contributed by atoms with van der Waals surface area (Å²) in [7, 11) is 4.02. The fourth-order valence-electron chi connectivity index (χ4n) is 1.01. The van der Waals surface area contributed by atoms with Gasteiger partial charge in [0.1, 0.15) is 0 Å². The van der Waals surface area contributed by atoms with Crippen LogP contribution < -0.4 is 0 Å². The fraction of sp³-hybridized carbons (Fsp3) is 0.500. The molecule has 0 rings (SSSR count). The second-order valence-electron chi connectivity index (χ2n) is 3.70. The van der Waals surface area contributed by atoms with E-state index in [1.165, 1.54) is 11.1 Å². The summed E-state index contributed by atoms with van der Waals surface area (Å²) in [5.74, 6) is 0. The number of hydrogen-bond acceptors (Lipinski definition) is 1. The molecule has 0 aliphatic rings. The smallest absolute Gasteiger partial charge is 0.00956 e. The quantitative estimate of drug-likeness (QED) is 0.585. The Labute approximate surface area is 82.4 Å². The van der Waals surface area contributed by atoms with Crippen molar-refractivity contribution < 1.29 is 0 Å². The summed E-state index contributed by atoms with van der Waals surface area (Å²) in [4.78, 5) is 2.04. The van der Waals surface area contributed by atoms with Crippen molar-refractivity contribution in [3.8, 4) is 0 Å². The molecule has 0 N–H and O–H groups in total. The van der Waals surface area contributed by atoms with Crippen LogP contribution in [0.2, 0.25) is 0 Å². The van der Waals surface area contributed by atoms with Gasteiger partial charge in [-0.2, -0.15) is 0 Å². The van der Waals surface area contributed by atoms with Crippen LogP contribution in [0.5, 0.6) is 0 Å². The molecule has 0 aromatic heterocycles. The van der Waals surface area contributed by atoms with Gasteiger partial charge in [0.15, 0.2) is 0 Å². The highest BCUT2D eigenvalue weighted by atomic mass is 15.1. The van der Waals surface area contributed by atoms with Gasteiger partial charge in [-0.05, 0) is 20.3 Å². The first-order valence-corrected chi connectivity index (χ1v) is 4.61. The van der Waals surface area contributed by atoms with Crippen LogP contribution in [-0.4, -0.2) is 19.0 Å². The minimum absolute atomic E-state index is 0.901. The molecule has 1 heteroatoms. The van der Waals surface area contributed by atoms with Crippen molar-refractivity contribution in [3.63, 3.8) is 0 Å². The van der Waals surface area contributed by atoms with Crippen molar-refractivity contribution in [1.29, 1.82) is 0 Å². The second kappa shape index (κ2) is 5.63. The molecule has 0 spiro atoms. The Balaban J connectivity index is 3.96. The highest BCUT2D eigenvalue weighted by molar-refractivity contribution is 5.15. The molecule has 0 aromatic rings. The van der Waals surface area contributed by atoms with Gasteiger partial charge < -0.3 is 4.90 Å². The van der Waals surface area contributed by atoms with Gasteiger partial charge in [0, 0.05) is 26.2 Å². The average molecular weight is 179 g/mol. The van der Waals surface area contributed by atoms with Crippen LogP contribution in [0.25, 0.3) is 0 Å². The van der Waals surface area contributed by atoms with E-state index in [0.29, 0.717) is 0 Å². The van der Waals surface area contributed by atoms with Gasteiger partial charge in [0.25, 0.3) is 0 Å². The molecule has 0 aliphatic carbocycles. The topological polar surface area (TPSA) is 3.24 Å². The lowest BCUT2D eigenvalue weighted by molar-refractivity contribution is 0.499. The van der Waals surface area contributed by atoms with Gasteiger partial charge in [-0.3, -0.25) is 0 Å². The van der Waals surface area contributed by atoms with Gasteiger partial charge in [0.2, 0.25) is 0 Å². The van der Waals surface area contributed by atoms with Gasteiger partial charge in [-0.25, -0.2) is 0 Å². The number of allylic oxidation sites excluding steroid dienone is 3. The zero-order valence-electron chi connectivity index (χ0n) is 9.35. The zero-order valence-corrected chi connectivity index (χ0v) is 9.35. The first kappa shape index (κ1) is 12.0. The van der Waals surface area contributed by atoms with Crippen LogP contribution in [0.1, 0.15) is 26.7 Å². The molecule has 0 atom stereocenters. The van der Waals surface area contributed by atoms with E-state index in [0.717, 1.165) is 18.5 Å². The second-order valence-corrected chi connectivity index (χ2v) is 3.70. The molecular weight excluding hydrogens is 158 g/mol. The predicted molar refractivity (Wildman–Crippen MR) is 60.6 cm³/mol. The van der Waals surface area contributed by atoms with E-state index in [2.05, 4.69) is 33.1 Å². The minimum Gasteiger partial charge on any atom is -0.381 e. The Hall–Kier alpha value is -0.980. The molecule has 0 fully saturated rings. The molecule has 0 amide bonds. The first-order chi connectivity index (χ1) is 5.97.